The first-order valence-electron chi connectivity index (χ1n) is 6.98. The average molecular weight is 278 g/mol. The zero-order chi connectivity index (χ0) is 14.4. The van der Waals surface area contributed by atoms with Gasteiger partial charge in [0, 0.05) is 11.3 Å². The van der Waals surface area contributed by atoms with E-state index < -0.39 is 0 Å². The van der Waals surface area contributed by atoms with Crippen molar-refractivity contribution in [3.05, 3.63) is 65.9 Å². The summed E-state index contributed by atoms with van der Waals surface area (Å²) in [7, 11) is 0. The minimum atomic E-state index is -0.344. The molecule has 2 unspecified atom stereocenters. The molecule has 0 spiro atoms. The van der Waals surface area contributed by atoms with E-state index in [4.69, 9.17) is 4.74 Å². The fraction of sp³-hybridized carbons (Fsp3) is 0.176. The van der Waals surface area contributed by atoms with Gasteiger partial charge in [0.25, 0.3) is 0 Å². The lowest BCUT2D eigenvalue weighted by Crippen LogP contribution is -2.38. The summed E-state index contributed by atoms with van der Waals surface area (Å²) in [6.45, 7) is 1.98. The number of para-hydroxylation sites is 1. The molecule has 4 nitrogen and oxygen atoms in total. The van der Waals surface area contributed by atoms with Crippen LogP contribution in [0.25, 0.3) is 0 Å². The summed E-state index contributed by atoms with van der Waals surface area (Å²) in [6.07, 6.45) is 7.32. The number of carbonyl (C=O) groups is 1. The molecule has 0 saturated carbocycles. The molecule has 0 radical (unpaired) electrons. The highest BCUT2D eigenvalue weighted by atomic mass is 16.5. The fourth-order valence-corrected chi connectivity index (χ4v) is 2.98. The number of aliphatic imine (C=N–C) groups is 1. The van der Waals surface area contributed by atoms with Crippen LogP contribution in [0.15, 0.2) is 70.9 Å². The highest BCUT2D eigenvalue weighted by Crippen LogP contribution is 2.36. The minimum absolute atomic E-state index is 0.115. The zero-order valence-corrected chi connectivity index (χ0v) is 11.6. The van der Waals surface area contributed by atoms with E-state index in [0.717, 1.165) is 17.0 Å². The van der Waals surface area contributed by atoms with Crippen LogP contribution in [-0.4, -0.2) is 24.0 Å². The molecule has 0 fully saturated rings. The summed E-state index contributed by atoms with van der Waals surface area (Å²) in [5, 5.41) is 0. The molecule has 2 atom stereocenters. The van der Waals surface area contributed by atoms with Gasteiger partial charge in [0.05, 0.1) is 5.70 Å². The van der Waals surface area contributed by atoms with Gasteiger partial charge in [-0.25, -0.2) is 4.79 Å². The lowest BCUT2D eigenvalue weighted by Gasteiger charge is -2.31. The smallest absolute Gasteiger partial charge is 0.359 e. The molecule has 0 aromatic heterocycles. The van der Waals surface area contributed by atoms with Gasteiger partial charge < -0.3 is 9.64 Å². The van der Waals surface area contributed by atoms with Crippen LogP contribution >= 0.6 is 0 Å². The third-order valence-corrected chi connectivity index (χ3v) is 3.87. The predicted octanol–water partition coefficient (Wildman–Crippen LogP) is 2.60. The molecule has 21 heavy (non-hydrogen) atoms. The van der Waals surface area contributed by atoms with Crippen molar-refractivity contribution in [3.63, 3.8) is 0 Å². The second-order valence-electron chi connectivity index (χ2n) is 5.19. The molecular weight excluding hydrogens is 264 g/mol. The van der Waals surface area contributed by atoms with Crippen LogP contribution in [0.2, 0.25) is 0 Å². The Morgan fingerprint density at radius 1 is 1.19 bits per heavy atom. The number of fused-ring (bicyclic) bond motifs is 2. The van der Waals surface area contributed by atoms with Crippen molar-refractivity contribution in [1.82, 2.24) is 0 Å². The Morgan fingerprint density at radius 3 is 2.81 bits per heavy atom. The van der Waals surface area contributed by atoms with E-state index in [2.05, 4.69) is 9.89 Å². The number of carbonyl (C=O) groups excluding carboxylic acids is 1. The Balaban J connectivity index is 1.91. The molecule has 0 amide bonds. The number of ether oxygens (including phenoxy) is 1. The Kier molecular flexibility index (Phi) is 2.57. The average Bonchev–Trinajstić information content (AvgIpc) is 2.86. The molecule has 0 saturated heterocycles. The second kappa shape index (κ2) is 4.45. The summed E-state index contributed by atoms with van der Waals surface area (Å²) in [5.41, 5.74) is 3.32. The van der Waals surface area contributed by atoms with Crippen molar-refractivity contribution in [2.24, 2.45) is 4.99 Å². The van der Waals surface area contributed by atoms with Crippen LogP contribution in [0.4, 0.5) is 5.69 Å². The van der Waals surface area contributed by atoms with Crippen molar-refractivity contribution >= 4 is 17.4 Å². The quantitative estimate of drug-likeness (QED) is 0.741. The van der Waals surface area contributed by atoms with Gasteiger partial charge in [0.2, 0.25) is 0 Å². The van der Waals surface area contributed by atoms with Gasteiger partial charge in [-0.05, 0) is 25.1 Å². The Morgan fingerprint density at radius 2 is 2.00 bits per heavy atom. The largest absolute Gasteiger partial charge is 0.448 e. The molecule has 4 heteroatoms. The number of anilines is 1. The van der Waals surface area contributed by atoms with Crippen LogP contribution in [0.3, 0.4) is 0 Å². The first kappa shape index (κ1) is 12.1. The van der Waals surface area contributed by atoms with Crippen molar-refractivity contribution in [2.45, 2.75) is 19.2 Å². The Labute approximate surface area is 122 Å². The van der Waals surface area contributed by atoms with E-state index >= 15 is 0 Å². The molecular formula is C17H14N2O2. The van der Waals surface area contributed by atoms with E-state index in [1.54, 1.807) is 0 Å². The van der Waals surface area contributed by atoms with Gasteiger partial charge in [0.15, 0.2) is 5.71 Å². The molecule has 4 rings (SSSR count). The van der Waals surface area contributed by atoms with Gasteiger partial charge in [-0.2, -0.15) is 0 Å². The van der Waals surface area contributed by atoms with Crippen LogP contribution in [0.5, 0.6) is 0 Å². The predicted molar refractivity (Wildman–Crippen MR) is 81.0 cm³/mol. The van der Waals surface area contributed by atoms with Gasteiger partial charge in [-0.3, -0.25) is 4.99 Å². The highest BCUT2D eigenvalue weighted by molar-refractivity contribution is 6.46. The van der Waals surface area contributed by atoms with Crippen molar-refractivity contribution in [3.8, 4) is 0 Å². The number of benzene rings is 1. The maximum atomic E-state index is 12.2. The van der Waals surface area contributed by atoms with Crippen molar-refractivity contribution < 1.29 is 9.53 Å². The van der Waals surface area contributed by atoms with Crippen molar-refractivity contribution in [1.29, 1.82) is 0 Å². The van der Waals surface area contributed by atoms with Crippen LogP contribution in [-0.2, 0) is 9.53 Å². The highest BCUT2D eigenvalue weighted by Gasteiger charge is 2.41. The summed E-state index contributed by atoms with van der Waals surface area (Å²) in [5.74, 6) is -0.344. The lowest BCUT2D eigenvalue weighted by atomic mass is 9.96. The first-order chi connectivity index (χ1) is 10.3. The molecule has 2 aliphatic heterocycles. The molecule has 1 aromatic carbocycles. The first-order valence-corrected chi connectivity index (χ1v) is 6.98. The minimum Gasteiger partial charge on any atom is -0.448 e. The third-order valence-electron chi connectivity index (χ3n) is 3.87. The van der Waals surface area contributed by atoms with Crippen LogP contribution < -0.4 is 4.90 Å². The SMILES string of the molecule is CC1N=C2C(=O)OC3C=CC=CC3=C2N1c1ccccc1. The lowest BCUT2D eigenvalue weighted by molar-refractivity contribution is -0.137. The number of rotatable bonds is 1. The Hall–Kier alpha value is -2.62. The molecule has 0 N–H and O–H groups in total. The van der Waals surface area contributed by atoms with Crippen molar-refractivity contribution in [2.75, 3.05) is 4.90 Å². The zero-order valence-electron chi connectivity index (χ0n) is 11.6. The van der Waals surface area contributed by atoms with Gasteiger partial charge in [0.1, 0.15) is 12.3 Å². The number of nitrogens with zero attached hydrogens (tertiary/aromatic N) is 2. The van der Waals surface area contributed by atoms with E-state index in [9.17, 15) is 4.79 Å². The summed E-state index contributed by atoms with van der Waals surface area (Å²) in [4.78, 5) is 18.8. The molecule has 0 bridgehead atoms. The number of esters is 1. The Bertz CT molecular complexity index is 728. The third kappa shape index (κ3) is 1.76. The molecule has 1 aromatic rings. The monoisotopic (exact) mass is 278 g/mol. The number of hydrogen-bond acceptors (Lipinski definition) is 4. The summed E-state index contributed by atoms with van der Waals surface area (Å²) < 4.78 is 5.44. The fourth-order valence-electron chi connectivity index (χ4n) is 2.98. The second-order valence-corrected chi connectivity index (χ2v) is 5.19. The van der Waals surface area contributed by atoms with Gasteiger partial charge in [-0.1, -0.05) is 36.4 Å². The molecule has 2 heterocycles. The van der Waals surface area contributed by atoms with Gasteiger partial charge >= 0.3 is 5.97 Å². The standard InChI is InChI=1S/C17H14N2O2/c1-11-18-15-16(19(11)12-7-3-2-4-8-12)13-9-5-6-10-14(13)21-17(15)20/h2-11,14H,1H3. The number of hydrogen-bond donors (Lipinski definition) is 0. The van der Waals surface area contributed by atoms with Gasteiger partial charge in [-0.15, -0.1) is 0 Å². The molecule has 104 valence electrons. The van der Waals surface area contributed by atoms with E-state index in [-0.39, 0.29) is 18.2 Å². The van der Waals surface area contributed by atoms with E-state index in [0.29, 0.717) is 5.71 Å². The van der Waals surface area contributed by atoms with Crippen LogP contribution in [0, 0.1) is 0 Å². The molecule has 1 aliphatic carbocycles. The summed E-state index contributed by atoms with van der Waals surface area (Å²) >= 11 is 0. The van der Waals surface area contributed by atoms with Crippen LogP contribution in [0.1, 0.15) is 6.92 Å². The number of allylic oxidation sites excluding steroid dienone is 2. The molecule has 3 aliphatic rings. The maximum Gasteiger partial charge on any atom is 0.359 e. The van der Waals surface area contributed by atoms with E-state index in [1.165, 1.54) is 0 Å². The van der Waals surface area contributed by atoms with E-state index in [1.807, 2.05) is 61.6 Å². The normalized spacial score (nSPS) is 26.4. The maximum absolute atomic E-state index is 12.2. The summed E-state index contributed by atoms with van der Waals surface area (Å²) in [6, 6.07) is 10.0. The topological polar surface area (TPSA) is 41.9 Å².